The number of anilines is 2. The van der Waals surface area contributed by atoms with E-state index in [1.165, 1.54) is 0 Å². The lowest BCUT2D eigenvalue weighted by atomic mass is 10.4. The summed E-state index contributed by atoms with van der Waals surface area (Å²) in [5.74, 6) is 0.718. The summed E-state index contributed by atoms with van der Waals surface area (Å²) in [5.41, 5.74) is 0. The number of amides is 1. The molecule has 0 radical (unpaired) electrons. The van der Waals surface area contributed by atoms with Crippen molar-refractivity contribution in [2.45, 2.75) is 33.7 Å². The van der Waals surface area contributed by atoms with Gasteiger partial charge >= 0.3 is 0 Å². The summed E-state index contributed by atoms with van der Waals surface area (Å²) in [4.78, 5) is 25.9. The molecule has 0 bridgehead atoms. The number of halogens is 1. The van der Waals surface area contributed by atoms with Gasteiger partial charge in [-0.05, 0) is 39.3 Å². The van der Waals surface area contributed by atoms with E-state index in [9.17, 15) is 4.79 Å². The fourth-order valence-electron chi connectivity index (χ4n) is 1.58. The first-order chi connectivity index (χ1) is 9.46. The smallest absolute Gasteiger partial charge is 0.239 e. The first-order valence-electron chi connectivity index (χ1n) is 6.66. The molecule has 1 rings (SSSR count). The highest BCUT2D eigenvalue weighted by molar-refractivity contribution is 6.28. The summed E-state index contributed by atoms with van der Waals surface area (Å²) in [5, 5.41) is 5.92. The molecule has 0 saturated heterocycles. The molecule has 2 N–H and O–H groups in total. The quantitative estimate of drug-likeness (QED) is 0.790. The Morgan fingerprint density at radius 3 is 2.55 bits per heavy atom. The summed E-state index contributed by atoms with van der Waals surface area (Å²) in [6, 6.07) is 0.0977. The van der Waals surface area contributed by atoms with E-state index in [1.54, 1.807) is 4.90 Å². The molecule has 112 valence electrons. The van der Waals surface area contributed by atoms with Crippen molar-refractivity contribution in [1.82, 2.24) is 20.3 Å². The number of rotatable bonds is 7. The molecule has 0 atom stereocenters. The van der Waals surface area contributed by atoms with Crippen molar-refractivity contribution < 1.29 is 4.79 Å². The van der Waals surface area contributed by atoms with Crippen molar-refractivity contribution in [3.8, 4) is 0 Å². The van der Waals surface area contributed by atoms with Gasteiger partial charge in [0.25, 0.3) is 0 Å². The van der Waals surface area contributed by atoms with Crippen molar-refractivity contribution in [2.24, 2.45) is 0 Å². The maximum atomic E-state index is 11.8. The second kappa shape index (κ2) is 7.84. The van der Waals surface area contributed by atoms with Gasteiger partial charge in [-0.1, -0.05) is 0 Å². The van der Waals surface area contributed by atoms with Gasteiger partial charge in [-0.3, -0.25) is 4.79 Å². The lowest BCUT2D eigenvalue weighted by molar-refractivity contribution is -0.120. The molecule has 7 nitrogen and oxygen atoms in total. The van der Waals surface area contributed by atoms with Crippen molar-refractivity contribution >= 4 is 29.4 Å². The van der Waals surface area contributed by atoms with Crippen LogP contribution in [0.5, 0.6) is 0 Å². The fourth-order valence-corrected chi connectivity index (χ4v) is 1.74. The van der Waals surface area contributed by atoms with Crippen LogP contribution in [0.2, 0.25) is 5.28 Å². The van der Waals surface area contributed by atoms with Gasteiger partial charge in [0.05, 0.1) is 6.54 Å². The van der Waals surface area contributed by atoms with E-state index in [0.29, 0.717) is 25.0 Å². The average Bonchev–Trinajstić information content (AvgIpc) is 2.34. The molecule has 0 fully saturated rings. The van der Waals surface area contributed by atoms with Crippen molar-refractivity contribution in [3.63, 3.8) is 0 Å². The second-order valence-electron chi connectivity index (χ2n) is 4.49. The standard InChI is InChI=1S/C12H21ClN6O/c1-5-14-11-16-10(13)17-12(18-11)19(6-2)7-9(20)15-8(3)4/h8H,5-7H2,1-4H3,(H,15,20)(H,14,16,17,18). The summed E-state index contributed by atoms with van der Waals surface area (Å²) < 4.78 is 0. The number of hydrogen-bond donors (Lipinski definition) is 2. The molecule has 1 amide bonds. The molecule has 0 aromatic carbocycles. The SMILES string of the molecule is CCNc1nc(Cl)nc(N(CC)CC(=O)NC(C)C)n1. The molecule has 0 aliphatic rings. The molecule has 1 aromatic heterocycles. The van der Waals surface area contributed by atoms with E-state index in [2.05, 4.69) is 25.6 Å². The topological polar surface area (TPSA) is 83.0 Å². The monoisotopic (exact) mass is 300 g/mol. The highest BCUT2D eigenvalue weighted by Crippen LogP contribution is 2.13. The lowest BCUT2D eigenvalue weighted by Crippen LogP contribution is -2.40. The lowest BCUT2D eigenvalue weighted by Gasteiger charge is -2.21. The second-order valence-corrected chi connectivity index (χ2v) is 4.83. The minimum atomic E-state index is -0.0802. The van der Waals surface area contributed by atoms with Crippen LogP contribution >= 0.6 is 11.6 Å². The third-order valence-electron chi connectivity index (χ3n) is 2.38. The Morgan fingerprint density at radius 1 is 1.30 bits per heavy atom. The minimum Gasteiger partial charge on any atom is -0.354 e. The number of likely N-dealkylation sites (N-methyl/N-ethyl adjacent to an activating group) is 1. The van der Waals surface area contributed by atoms with E-state index in [1.807, 2.05) is 27.7 Å². The Labute approximate surface area is 124 Å². The van der Waals surface area contributed by atoms with Crippen LogP contribution in [0.25, 0.3) is 0 Å². The van der Waals surface area contributed by atoms with E-state index < -0.39 is 0 Å². The van der Waals surface area contributed by atoms with E-state index in [0.717, 1.165) is 0 Å². The number of carbonyl (C=O) groups is 1. The van der Waals surface area contributed by atoms with Crippen LogP contribution < -0.4 is 15.5 Å². The van der Waals surface area contributed by atoms with Crippen LogP contribution in [-0.4, -0.2) is 46.5 Å². The van der Waals surface area contributed by atoms with Gasteiger partial charge in [-0.25, -0.2) is 0 Å². The summed E-state index contributed by atoms with van der Waals surface area (Å²) in [6.45, 7) is 9.14. The normalized spacial score (nSPS) is 10.5. The Hall–Kier alpha value is -1.63. The van der Waals surface area contributed by atoms with Crippen LogP contribution in [0.3, 0.4) is 0 Å². The Kier molecular flexibility index (Phi) is 6.44. The largest absolute Gasteiger partial charge is 0.354 e. The van der Waals surface area contributed by atoms with Gasteiger partial charge in [0.15, 0.2) is 0 Å². The molecule has 1 aromatic rings. The van der Waals surface area contributed by atoms with Gasteiger partial charge in [0.1, 0.15) is 0 Å². The van der Waals surface area contributed by atoms with Gasteiger partial charge in [-0.15, -0.1) is 0 Å². The van der Waals surface area contributed by atoms with Gasteiger partial charge in [-0.2, -0.15) is 15.0 Å². The zero-order valence-corrected chi connectivity index (χ0v) is 13.0. The van der Waals surface area contributed by atoms with Gasteiger partial charge in [0, 0.05) is 19.1 Å². The van der Waals surface area contributed by atoms with Crippen LogP contribution in [0, 0.1) is 0 Å². The summed E-state index contributed by atoms with van der Waals surface area (Å²) in [6.07, 6.45) is 0. The van der Waals surface area contributed by atoms with Gasteiger partial charge in [0.2, 0.25) is 23.1 Å². The minimum absolute atomic E-state index is 0.0802. The number of nitrogens with one attached hydrogen (secondary N) is 2. The Bertz CT molecular complexity index is 454. The molecular weight excluding hydrogens is 280 g/mol. The highest BCUT2D eigenvalue weighted by Gasteiger charge is 2.15. The Morgan fingerprint density at radius 2 is 2.00 bits per heavy atom. The van der Waals surface area contributed by atoms with Crippen molar-refractivity contribution in [1.29, 1.82) is 0 Å². The summed E-state index contributed by atoms with van der Waals surface area (Å²) >= 11 is 5.88. The van der Waals surface area contributed by atoms with Crippen LogP contribution in [0.4, 0.5) is 11.9 Å². The molecule has 0 spiro atoms. The van der Waals surface area contributed by atoms with E-state index in [-0.39, 0.29) is 23.8 Å². The van der Waals surface area contributed by atoms with Gasteiger partial charge < -0.3 is 15.5 Å². The Balaban J connectivity index is 2.85. The first-order valence-corrected chi connectivity index (χ1v) is 7.03. The molecular formula is C12H21ClN6O. The first kappa shape index (κ1) is 16.4. The number of nitrogens with zero attached hydrogens (tertiary/aromatic N) is 4. The van der Waals surface area contributed by atoms with Crippen LogP contribution in [-0.2, 0) is 4.79 Å². The van der Waals surface area contributed by atoms with Crippen molar-refractivity contribution in [3.05, 3.63) is 5.28 Å². The molecule has 0 saturated carbocycles. The predicted octanol–water partition coefficient (Wildman–Crippen LogP) is 1.31. The van der Waals surface area contributed by atoms with Crippen molar-refractivity contribution in [2.75, 3.05) is 29.9 Å². The van der Waals surface area contributed by atoms with E-state index in [4.69, 9.17) is 11.6 Å². The number of carbonyl (C=O) groups excluding carboxylic acids is 1. The number of aromatic nitrogens is 3. The zero-order chi connectivity index (χ0) is 15.1. The third kappa shape index (κ3) is 5.16. The van der Waals surface area contributed by atoms with Crippen LogP contribution in [0.15, 0.2) is 0 Å². The number of hydrogen-bond acceptors (Lipinski definition) is 6. The maximum Gasteiger partial charge on any atom is 0.239 e. The highest BCUT2D eigenvalue weighted by atomic mass is 35.5. The van der Waals surface area contributed by atoms with Crippen LogP contribution in [0.1, 0.15) is 27.7 Å². The fraction of sp³-hybridized carbons (Fsp3) is 0.667. The molecule has 20 heavy (non-hydrogen) atoms. The zero-order valence-electron chi connectivity index (χ0n) is 12.3. The molecule has 0 aliphatic heterocycles. The summed E-state index contributed by atoms with van der Waals surface area (Å²) in [7, 11) is 0. The maximum absolute atomic E-state index is 11.8. The predicted molar refractivity (Wildman–Crippen MR) is 80.2 cm³/mol. The average molecular weight is 301 g/mol. The molecule has 0 unspecified atom stereocenters. The third-order valence-corrected chi connectivity index (χ3v) is 2.55. The molecule has 8 heteroatoms. The molecule has 0 aliphatic carbocycles. The molecule has 1 heterocycles. The van der Waals surface area contributed by atoms with E-state index >= 15 is 0 Å².